The number of thiophene rings is 1. The lowest BCUT2D eigenvalue weighted by molar-refractivity contribution is 0.217. The van der Waals surface area contributed by atoms with E-state index in [1.54, 1.807) is 11.3 Å². The second-order valence-corrected chi connectivity index (χ2v) is 5.63. The Balaban J connectivity index is 2.19. The van der Waals surface area contributed by atoms with Crippen LogP contribution < -0.4 is 10.5 Å². The first-order valence-electron chi connectivity index (χ1n) is 5.37. The minimum atomic E-state index is -0.0655. The van der Waals surface area contributed by atoms with Gasteiger partial charge in [-0.2, -0.15) is 0 Å². The molecule has 1 heterocycles. The van der Waals surface area contributed by atoms with Crippen LogP contribution in [0.2, 0.25) is 0 Å². The lowest BCUT2D eigenvalue weighted by Gasteiger charge is -2.17. The number of nitrogens with two attached hydrogens (primary N) is 1. The fourth-order valence-electron chi connectivity index (χ4n) is 1.63. The second kappa shape index (κ2) is 5.67. The van der Waals surface area contributed by atoms with Gasteiger partial charge in [-0.25, -0.2) is 0 Å². The van der Waals surface area contributed by atoms with Crippen molar-refractivity contribution in [2.75, 3.05) is 6.54 Å². The summed E-state index contributed by atoms with van der Waals surface area (Å²) >= 11 is 5.12. The van der Waals surface area contributed by atoms with Gasteiger partial charge in [-0.05, 0) is 42.1 Å². The highest BCUT2D eigenvalue weighted by molar-refractivity contribution is 9.10. The van der Waals surface area contributed by atoms with Gasteiger partial charge in [-0.15, -0.1) is 11.3 Å². The highest BCUT2D eigenvalue weighted by atomic mass is 79.9. The molecule has 2 rings (SSSR count). The molecular weight excluding hydrogens is 298 g/mol. The normalized spacial score (nSPS) is 12.4. The Morgan fingerprint density at radius 2 is 2.24 bits per heavy atom. The lowest BCUT2D eigenvalue weighted by atomic mass is 10.2. The fourth-order valence-corrected chi connectivity index (χ4v) is 2.97. The molecular formula is C13H14BrNOS. The van der Waals surface area contributed by atoms with E-state index in [-0.39, 0.29) is 6.10 Å². The predicted octanol–water partition coefficient (Wildman–Crippen LogP) is 3.90. The van der Waals surface area contributed by atoms with Crippen molar-refractivity contribution in [3.8, 4) is 5.75 Å². The topological polar surface area (TPSA) is 35.2 Å². The molecule has 0 bridgehead atoms. The van der Waals surface area contributed by atoms with E-state index in [1.165, 1.54) is 10.4 Å². The number of hydrogen-bond acceptors (Lipinski definition) is 3. The first kappa shape index (κ1) is 12.6. The third-order valence-electron chi connectivity index (χ3n) is 2.48. The molecule has 2 N–H and O–H groups in total. The molecule has 2 aromatic rings. The number of rotatable bonds is 4. The maximum Gasteiger partial charge on any atom is 0.145 e. The Morgan fingerprint density at radius 3 is 2.82 bits per heavy atom. The summed E-state index contributed by atoms with van der Waals surface area (Å²) in [5.41, 5.74) is 7.03. The van der Waals surface area contributed by atoms with E-state index < -0.39 is 0 Å². The third-order valence-corrected chi connectivity index (χ3v) is 4.09. The molecule has 4 heteroatoms. The van der Waals surface area contributed by atoms with Crippen molar-refractivity contribution in [2.45, 2.75) is 13.0 Å². The van der Waals surface area contributed by atoms with Crippen molar-refractivity contribution in [1.29, 1.82) is 0 Å². The Hall–Kier alpha value is -0.840. The average Bonchev–Trinajstić information content (AvgIpc) is 2.72. The van der Waals surface area contributed by atoms with E-state index >= 15 is 0 Å². The van der Waals surface area contributed by atoms with Crippen molar-refractivity contribution in [1.82, 2.24) is 0 Å². The Kier molecular flexibility index (Phi) is 4.20. The summed E-state index contributed by atoms with van der Waals surface area (Å²) < 4.78 is 6.93. The molecule has 2 nitrogen and oxygen atoms in total. The highest BCUT2D eigenvalue weighted by Crippen LogP contribution is 2.29. The van der Waals surface area contributed by atoms with E-state index in [1.807, 2.05) is 24.3 Å². The van der Waals surface area contributed by atoms with Crippen molar-refractivity contribution >= 4 is 27.3 Å². The molecule has 1 atom stereocenters. The first-order chi connectivity index (χ1) is 8.20. The largest absolute Gasteiger partial charge is 0.484 e. The van der Waals surface area contributed by atoms with Crippen LogP contribution in [0.5, 0.6) is 5.75 Å². The van der Waals surface area contributed by atoms with Crippen molar-refractivity contribution in [2.24, 2.45) is 5.73 Å². The standard InChI is InChI=1S/C13H14BrNOS/c1-9-5-6-17-13(9)12(8-15)16-11-4-2-3-10(14)7-11/h2-7,12H,8,15H2,1H3. The van der Waals surface area contributed by atoms with Crippen molar-refractivity contribution < 1.29 is 4.74 Å². The van der Waals surface area contributed by atoms with Gasteiger partial charge in [-0.1, -0.05) is 22.0 Å². The minimum Gasteiger partial charge on any atom is -0.484 e. The van der Waals surface area contributed by atoms with Crippen LogP contribution in [-0.4, -0.2) is 6.54 Å². The first-order valence-corrected chi connectivity index (χ1v) is 7.04. The van der Waals surface area contributed by atoms with Crippen LogP contribution in [0.3, 0.4) is 0 Å². The molecule has 0 saturated heterocycles. The van der Waals surface area contributed by atoms with E-state index in [2.05, 4.69) is 34.3 Å². The molecule has 0 radical (unpaired) electrons. The molecule has 17 heavy (non-hydrogen) atoms. The summed E-state index contributed by atoms with van der Waals surface area (Å²) in [6.45, 7) is 2.56. The van der Waals surface area contributed by atoms with Gasteiger partial charge in [0.2, 0.25) is 0 Å². The second-order valence-electron chi connectivity index (χ2n) is 3.77. The summed E-state index contributed by atoms with van der Waals surface area (Å²) in [4.78, 5) is 1.20. The predicted molar refractivity (Wildman–Crippen MR) is 75.6 cm³/mol. The quantitative estimate of drug-likeness (QED) is 0.929. The van der Waals surface area contributed by atoms with E-state index in [0.717, 1.165) is 10.2 Å². The van der Waals surface area contributed by atoms with Crippen LogP contribution in [0.4, 0.5) is 0 Å². The monoisotopic (exact) mass is 311 g/mol. The SMILES string of the molecule is Cc1ccsc1C(CN)Oc1cccc(Br)c1. The molecule has 0 aliphatic rings. The molecule has 0 amide bonds. The van der Waals surface area contributed by atoms with Crippen LogP contribution in [0, 0.1) is 6.92 Å². The van der Waals surface area contributed by atoms with E-state index in [0.29, 0.717) is 6.54 Å². The van der Waals surface area contributed by atoms with E-state index in [4.69, 9.17) is 10.5 Å². The van der Waals surface area contributed by atoms with Gasteiger partial charge in [0, 0.05) is 15.9 Å². The van der Waals surface area contributed by atoms with Crippen LogP contribution in [0.1, 0.15) is 16.5 Å². The number of benzene rings is 1. The molecule has 0 aliphatic carbocycles. The molecule has 0 aliphatic heterocycles. The molecule has 1 aromatic carbocycles. The molecule has 0 saturated carbocycles. The highest BCUT2D eigenvalue weighted by Gasteiger charge is 2.15. The fraction of sp³-hybridized carbons (Fsp3) is 0.231. The molecule has 0 spiro atoms. The zero-order valence-electron chi connectivity index (χ0n) is 9.52. The number of hydrogen-bond donors (Lipinski definition) is 1. The van der Waals surface area contributed by atoms with Crippen molar-refractivity contribution in [3.05, 3.63) is 50.6 Å². The van der Waals surface area contributed by atoms with Gasteiger partial charge in [0.1, 0.15) is 11.9 Å². The molecule has 0 fully saturated rings. The Morgan fingerprint density at radius 1 is 1.41 bits per heavy atom. The van der Waals surface area contributed by atoms with Crippen LogP contribution in [-0.2, 0) is 0 Å². The molecule has 90 valence electrons. The molecule has 1 unspecified atom stereocenters. The van der Waals surface area contributed by atoms with E-state index in [9.17, 15) is 0 Å². The number of halogens is 1. The van der Waals surface area contributed by atoms with Gasteiger partial charge < -0.3 is 10.5 Å². The zero-order chi connectivity index (χ0) is 12.3. The Bertz CT molecular complexity index is 498. The summed E-state index contributed by atoms with van der Waals surface area (Å²) in [7, 11) is 0. The van der Waals surface area contributed by atoms with Crippen LogP contribution in [0.25, 0.3) is 0 Å². The Labute approximate surface area is 114 Å². The average molecular weight is 312 g/mol. The summed E-state index contributed by atoms with van der Waals surface area (Å²) in [6.07, 6.45) is -0.0655. The van der Waals surface area contributed by atoms with Gasteiger partial charge in [0.15, 0.2) is 0 Å². The zero-order valence-corrected chi connectivity index (χ0v) is 11.9. The molecule has 1 aromatic heterocycles. The van der Waals surface area contributed by atoms with Gasteiger partial charge >= 0.3 is 0 Å². The summed E-state index contributed by atoms with van der Waals surface area (Å²) in [5, 5.41) is 2.07. The summed E-state index contributed by atoms with van der Waals surface area (Å²) in [6, 6.07) is 9.91. The van der Waals surface area contributed by atoms with Gasteiger partial charge in [0.05, 0.1) is 0 Å². The maximum atomic E-state index is 5.93. The van der Waals surface area contributed by atoms with Gasteiger partial charge in [0.25, 0.3) is 0 Å². The van der Waals surface area contributed by atoms with Crippen LogP contribution >= 0.6 is 27.3 Å². The maximum absolute atomic E-state index is 5.93. The van der Waals surface area contributed by atoms with Crippen molar-refractivity contribution in [3.63, 3.8) is 0 Å². The minimum absolute atomic E-state index is 0.0655. The van der Waals surface area contributed by atoms with Gasteiger partial charge in [-0.3, -0.25) is 0 Å². The third kappa shape index (κ3) is 3.09. The lowest BCUT2D eigenvalue weighted by Crippen LogP contribution is -2.18. The smallest absolute Gasteiger partial charge is 0.145 e. The number of aryl methyl sites for hydroxylation is 1. The number of ether oxygens (including phenoxy) is 1. The van der Waals surface area contributed by atoms with Crippen LogP contribution in [0.15, 0.2) is 40.2 Å². The summed E-state index contributed by atoms with van der Waals surface area (Å²) in [5.74, 6) is 0.836.